The largest absolute Gasteiger partial charge is 0.339 e. The summed E-state index contributed by atoms with van der Waals surface area (Å²) >= 11 is 14.0. The number of aromatic nitrogens is 2. The van der Waals surface area contributed by atoms with E-state index in [2.05, 4.69) is 38.0 Å². The Kier molecular flexibility index (Phi) is 5.93. The summed E-state index contributed by atoms with van der Waals surface area (Å²) in [5, 5.41) is 7.53. The van der Waals surface area contributed by atoms with Gasteiger partial charge in [0.1, 0.15) is 0 Å². The molecule has 1 aromatic heterocycles. The number of amides is 1. The molecule has 0 spiro atoms. The second-order valence-electron chi connectivity index (χ2n) is 5.20. The lowest BCUT2D eigenvalue weighted by atomic mass is 10.2. The van der Waals surface area contributed by atoms with Crippen LogP contribution in [0.15, 0.2) is 47.0 Å². The van der Waals surface area contributed by atoms with Crippen LogP contribution < -0.4 is 5.32 Å². The molecule has 2 aromatic carbocycles. The van der Waals surface area contributed by atoms with Gasteiger partial charge in [-0.1, -0.05) is 40.5 Å². The standard InChI is InChI=1S/C17H12Cl2IN3O2/c18-13-6-5-12(9-14(13)19)21-15(24)7-8-16-22-17(23-25-16)10-1-3-11(20)4-2-10/h1-6,9H,7-8H2,(H,21,24). The second-order valence-corrected chi connectivity index (χ2v) is 7.26. The summed E-state index contributed by atoms with van der Waals surface area (Å²) in [5.41, 5.74) is 1.46. The van der Waals surface area contributed by atoms with Gasteiger partial charge in [0.05, 0.1) is 10.0 Å². The van der Waals surface area contributed by atoms with E-state index in [1.54, 1.807) is 18.2 Å². The van der Waals surface area contributed by atoms with E-state index in [-0.39, 0.29) is 12.3 Å². The van der Waals surface area contributed by atoms with E-state index < -0.39 is 0 Å². The number of anilines is 1. The van der Waals surface area contributed by atoms with Crippen LogP contribution in [0.25, 0.3) is 11.4 Å². The number of nitrogens with zero attached hydrogens (tertiary/aromatic N) is 2. The van der Waals surface area contributed by atoms with Crippen molar-refractivity contribution in [3.05, 3.63) is 62.0 Å². The molecule has 0 bridgehead atoms. The fourth-order valence-electron chi connectivity index (χ4n) is 2.09. The molecule has 0 aliphatic heterocycles. The van der Waals surface area contributed by atoms with E-state index in [1.807, 2.05) is 24.3 Å². The molecule has 128 valence electrons. The van der Waals surface area contributed by atoms with Crippen LogP contribution in [0.5, 0.6) is 0 Å². The zero-order chi connectivity index (χ0) is 17.8. The highest BCUT2D eigenvalue weighted by atomic mass is 127. The highest BCUT2D eigenvalue weighted by molar-refractivity contribution is 14.1. The maximum atomic E-state index is 12.0. The van der Waals surface area contributed by atoms with Crippen molar-refractivity contribution in [2.45, 2.75) is 12.8 Å². The molecule has 3 aromatic rings. The zero-order valence-corrected chi connectivity index (χ0v) is 16.5. The molecule has 0 saturated carbocycles. The lowest BCUT2D eigenvalue weighted by Crippen LogP contribution is -2.12. The zero-order valence-electron chi connectivity index (χ0n) is 12.8. The number of carbonyl (C=O) groups excluding carboxylic acids is 1. The van der Waals surface area contributed by atoms with Crippen LogP contribution in [0.2, 0.25) is 10.0 Å². The van der Waals surface area contributed by atoms with E-state index in [1.165, 1.54) is 0 Å². The van der Waals surface area contributed by atoms with Gasteiger partial charge in [-0.3, -0.25) is 4.79 Å². The van der Waals surface area contributed by atoms with E-state index in [0.717, 1.165) is 9.13 Å². The summed E-state index contributed by atoms with van der Waals surface area (Å²) in [6, 6.07) is 12.7. The Balaban J connectivity index is 1.57. The first-order valence-corrected chi connectivity index (χ1v) is 9.18. The Hall–Kier alpha value is -1.64. The molecule has 0 aliphatic rings. The van der Waals surface area contributed by atoms with Crippen LogP contribution in [0, 0.1) is 3.57 Å². The van der Waals surface area contributed by atoms with Gasteiger partial charge in [-0.05, 0) is 52.9 Å². The number of halogens is 3. The van der Waals surface area contributed by atoms with Gasteiger partial charge >= 0.3 is 0 Å². The number of nitrogens with one attached hydrogen (secondary N) is 1. The second kappa shape index (κ2) is 8.16. The van der Waals surface area contributed by atoms with E-state index in [9.17, 15) is 4.79 Å². The van der Waals surface area contributed by atoms with Gasteiger partial charge in [0.25, 0.3) is 0 Å². The van der Waals surface area contributed by atoms with Crippen molar-refractivity contribution in [2.24, 2.45) is 0 Å². The predicted molar refractivity (Wildman–Crippen MR) is 106 cm³/mol. The minimum Gasteiger partial charge on any atom is -0.339 e. The Morgan fingerprint density at radius 2 is 1.88 bits per heavy atom. The van der Waals surface area contributed by atoms with Crippen LogP contribution in [0.4, 0.5) is 5.69 Å². The Bertz CT molecular complexity index is 897. The topological polar surface area (TPSA) is 68.0 Å². The summed E-state index contributed by atoms with van der Waals surface area (Å²) in [5.74, 6) is 0.751. The molecule has 0 fully saturated rings. The van der Waals surface area contributed by atoms with Crippen molar-refractivity contribution >= 4 is 57.4 Å². The molecule has 25 heavy (non-hydrogen) atoms. The summed E-state index contributed by atoms with van der Waals surface area (Å²) in [6.07, 6.45) is 0.569. The molecular formula is C17H12Cl2IN3O2. The van der Waals surface area contributed by atoms with Crippen LogP contribution in [-0.2, 0) is 11.2 Å². The van der Waals surface area contributed by atoms with Crippen LogP contribution in [0.1, 0.15) is 12.3 Å². The molecule has 1 heterocycles. The van der Waals surface area contributed by atoms with Crippen LogP contribution in [-0.4, -0.2) is 16.0 Å². The molecule has 1 amide bonds. The van der Waals surface area contributed by atoms with Crippen LogP contribution >= 0.6 is 45.8 Å². The Labute approximate surface area is 167 Å². The molecule has 5 nitrogen and oxygen atoms in total. The van der Waals surface area contributed by atoms with Gasteiger partial charge in [0, 0.05) is 27.7 Å². The van der Waals surface area contributed by atoms with Gasteiger partial charge < -0.3 is 9.84 Å². The monoisotopic (exact) mass is 487 g/mol. The first-order chi connectivity index (χ1) is 12.0. The summed E-state index contributed by atoms with van der Waals surface area (Å²) in [4.78, 5) is 16.3. The molecule has 0 atom stereocenters. The van der Waals surface area contributed by atoms with Crippen molar-refractivity contribution in [1.29, 1.82) is 0 Å². The normalized spacial score (nSPS) is 10.7. The average molecular weight is 488 g/mol. The Morgan fingerprint density at radius 1 is 1.12 bits per heavy atom. The molecule has 0 unspecified atom stereocenters. The molecular weight excluding hydrogens is 476 g/mol. The number of carbonyl (C=O) groups is 1. The van der Waals surface area contributed by atoms with Gasteiger partial charge in [0.2, 0.25) is 17.6 Å². The van der Waals surface area contributed by atoms with E-state index in [4.69, 9.17) is 27.7 Å². The van der Waals surface area contributed by atoms with Gasteiger partial charge in [-0.15, -0.1) is 0 Å². The van der Waals surface area contributed by atoms with Crippen molar-refractivity contribution in [3.8, 4) is 11.4 Å². The average Bonchev–Trinajstić information content (AvgIpc) is 3.06. The highest BCUT2D eigenvalue weighted by Gasteiger charge is 2.11. The molecule has 1 N–H and O–H groups in total. The minimum atomic E-state index is -0.174. The number of hydrogen-bond acceptors (Lipinski definition) is 4. The molecule has 3 rings (SSSR count). The SMILES string of the molecule is O=C(CCc1nc(-c2ccc(I)cc2)no1)Nc1ccc(Cl)c(Cl)c1. The maximum Gasteiger partial charge on any atom is 0.227 e. The quantitative estimate of drug-likeness (QED) is 0.501. The van der Waals surface area contributed by atoms with E-state index in [0.29, 0.717) is 33.9 Å². The maximum absolute atomic E-state index is 12.0. The fraction of sp³-hybridized carbons (Fsp3) is 0.118. The molecule has 0 radical (unpaired) electrons. The van der Waals surface area contributed by atoms with Crippen molar-refractivity contribution in [3.63, 3.8) is 0 Å². The first kappa shape index (κ1) is 18.2. The third kappa shape index (κ3) is 4.93. The lowest BCUT2D eigenvalue weighted by Gasteiger charge is -2.05. The van der Waals surface area contributed by atoms with Crippen molar-refractivity contribution in [1.82, 2.24) is 10.1 Å². The predicted octanol–water partition coefficient (Wildman–Crippen LogP) is 5.22. The number of rotatable bonds is 5. The number of hydrogen-bond donors (Lipinski definition) is 1. The summed E-state index contributed by atoms with van der Waals surface area (Å²) in [6.45, 7) is 0. The minimum absolute atomic E-state index is 0.174. The fourth-order valence-corrected chi connectivity index (χ4v) is 2.75. The molecule has 8 heteroatoms. The third-order valence-corrected chi connectivity index (χ3v) is 4.80. The Morgan fingerprint density at radius 3 is 2.60 bits per heavy atom. The van der Waals surface area contributed by atoms with E-state index >= 15 is 0 Å². The van der Waals surface area contributed by atoms with Crippen molar-refractivity contribution in [2.75, 3.05) is 5.32 Å². The summed E-state index contributed by atoms with van der Waals surface area (Å²) < 4.78 is 6.33. The molecule has 0 saturated heterocycles. The van der Waals surface area contributed by atoms with Gasteiger partial charge in [0.15, 0.2) is 0 Å². The van der Waals surface area contributed by atoms with Gasteiger partial charge in [-0.2, -0.15) is 4.98 Å². The number of aryl methyl sites for hydroxylation is 1. The first-order valence-electron chi connectivity index (χ1n) is 7.35. The van der Waals surface area contributed by atoms with Crippen molar-refractivity contribution < 1.29 is 9.32 Å². The third-order valence-electron chi connectivity index (χ3n) is 3.34. The number of benzene rings is 2. The van der Waals surface area contributed by atoms with Gasteiger partial charge in [-0.25, -0.2) is 0 Å². The smallest absolute Gasteiger partial charge is 0.227 e. The summed E-state index contributed by atoms with van der Waals surface area (Å²) in [7, 11) is 0. The lowest BCUT2D eigenvalue weighted by molar-refractivity contribution is -0.116. The van der Waals surface area contributed by atoms with Crippen LogP contribution in [0.3, 0.4) is 0 Å². The molecule has 0 aliphatic carbocycles. The highest BCUT2D eigenvalue weighted by Crippen LogP contribution is 2.25.